The molecule has 0 bridgehead atoms. The van der Waals surface area contributed by atoms with E-state index in [4.69, 9.17) is 4.74 Å². The molecule has 0 amide bonds. The molecule has 1 aromatic carbocycles. The van der Waals surface area contributed by atoms with E-state index in [1.807, 2.05) is 18.2 Å². The number of likely N-dealkylation sites (tertiary alicyclic amines) is 1. The van der Waals surface area contributed by atoms with Crippen molar-refractivity contribution in [2.24, 2.45) is 23.2 Å². The van der Waals surface area contributed by atoms with Crippen LogP contribution in [0.2, 0.25) is 0 Å². The molecule has 4 fully saturated rings. The molecule has 2 N–H and O–H groups in total. The number of nitrogens with one attached hydrogen (secondary N) is 1. The zero-order chi connectivity index (χ0) is 21.6. The van der Waals surface area contributed by atoms with Gasteiger partial charge in [-0.2, -0.15) is 0 Å². The molecule has 2 heterocycles. The number of aliphatic hydroxyl groups is 1. The molecule has 4 nitrogen and oxygen atoms in total. The molecule has 0 spiro atoms. The summed E-state index contributed by atoms with van der Waals surface area (Å²) in [4.78, 5) is 14.3. The summed E-state index contributed by atoms with van der Waals surface area (Å²) in [5, 5.41) is 11.1. The summed E-state index contributed by atoms with van der Waals surface area (Å²) in [5.74, 6) is 0.935. The summed E-state index contributed by atoms with van der Waals surface area (Å²) >= 11 is 0. The molecule has 2 aliphatic heterocycles. The lowest BCUT2D eigenvalue weighted by Gasteiger charge is -2.50. The number of allylic oxidation sites excluding steroid dienone is 1. The summed E-state index contributed by atoms with van der Waals surface area (Å²) < 4.78 is 5.96. The quantitative estimate of drug-likeness (QED) is 0.577. The first-order valence-electron chi connectivity index (χ1n) is 12.3. The molecule has 0 radical (unpaired) electrons. The van der Waals surface area contributed by atoms with Crippen molar-refractivity contribution in [3.8, 4) is 0 Å². The second-order valence-electron chi connectivity index (χ2n) is 11.2. The minimum Gasteiger partial charge on any atom is -0.462 e. The first-order chi connectivity index (χ1) is 14.9. The fourth-order valence-corrected chi connectivity index (χ4v) is 7.23. The number of hydrogen-bond donors (Lipinski definition) is 2. The van der Waals surface area contributed by atoms with Crippen LogP contribution in [0, 0.1) is 23.2 Å². The largest absolute Gasteiger partial charge is 0.462 e. The van der Waals surface area contributed by atoms with E-state index >= 15 is 0 Å². The topological polar surface area (TPSA) is 51.0 Å². The predicted octanol–water partition coefficient (Wildman–Crippen LogP) is 2.95. The number of esters is 1. The molecule has 0 aromatic heterocycles. The minimum absolute atomic E-state index is 0.0135. The lowest BCUT2D eigenvalue weighted by atomic mass is 9.55. The van der Waals surface area contributed by atoms with Gasteiger partial charge in [-0.25, -0.2) is 0 Å². The number of ether oxygens (including phenoxy) is 1. The molecular formula is C27H38NO3+. The van der Waals surface area contributed by atoms with Crippen LogP contribution in [0.25, 0.3) is 0 Å². The smallest absolute Gasteiger partial charge is 0.315 e. The van der Waals surface area contributed by atoms with Crippen LogP contribution in [0.5, 0.6) is 0 Å². The highest BCUT2D eigenvalue weighted by Crippen LogP contribution is 2.56. The van der Waals surface area contributed by atoms with Gasteiger partial charge in [0.15, 0.2) is 0 Å². The molecule has 2 saturated carbocycles. The number of carbonyl (C=O) groups is 1. The van der Waals surface area contributed by atoms with Crippen LogP contribution in [0.4, 0.5) is 0 Å². The molecule has 2 aliphatic carbocycles. The number of benzene rings is 1. The third-order valence-electron chi connectivity index (χ3n) is 9.09. The molecule has 0 unspecified atom stereocenters. The van der Waals surface area contributed by atoms with Gasteiger partial charge in [-0.15, -0.1) is 0 Å². The second kappa shape index (κ2) is 8.04. The fourth-order valence-electron chi connectivity index (χ4n) is 7.23. The maximum absolute atomic E-state index is 12.9. The first kappa shape index (κ1) is 21.2. The van der Waals surface area contributed by atoms with Crippen LogP contribution in [-0.4, -0.2) is 42.4 Å². The summed E-state index contributed by atoms with van der Waals surface area (Å²) in [7, 11) is 0. The number of carbonyl (C=O) groups excluding carboxylic acids is 1. The van der Waals surface area contributed by atoms with Crippen molar-refractivity contribution in [2.45, 2.75) is 70.0 Å². The summed E-state index contributed by atoms with van der Waals surface area (Å²) in [5.41, 5.74) is 2.25. The van der Waals surface area contributed by atoms with Gasteiger partial charge in [0, 0.05) is 25.2 Å². The molecule has 1 aromatic rings. The van der Waals surface area contributed by atoms with Gasteiger partial charge in [0.2, 0.25) is 0 Å². The zero-order valence-corrected chi connectivity index (χ0v) is 18.9. The highest BCUT2D eigenvalue weighted by molar-refractivity contribution is 5.75. The Kier molecular flexibility index (Phi) is 5.50. The predicted molar refractivity (Wildman–Crippen MR) is 121 cm³/mol. The highest BCUT2D eigenvalue weighted by atomic mass is 16.6. The molecule has 168 valence electrons. The maximum Gasteiger partial charge on any atom is 0.315 e. The highest BCUT2D eigenvalue weighted by Gasteiger charge is 2.56. The number of piperidine rings is 1. The van der Waals surface area contributed by atoms with E-state index in [1.165, 1.54) is 28.9 Å². The molecule has 4 aliphatic rings. The van der Waals surface area contributed by atoms with Crippen molar-refractivity contribution in [3.05, 3.63) is 48.0 Å². The lowest BCUT2D eigenvalue weighted by Crippen LogP contribution is -3.14. The molecule has 31 heavy (non-hydrogen) atoms. The van der Waals surface area contributed by atoms with E-state index in [0.717, 1.165) is 58.2 Å². The van der Waals surface area contributed by atoms with Crippen molar-refractivity contribution in [3.63, 3.8) is 0 Å². The van der Waals surface area contributed by atoms with Gasteiger partial charge in [-0.1, -0.05) is 49.4 Å². The molecular weight excluding hydrogens is 386 g/mol. The van der Waals surface area contributed by atoms with Gasteiger partial charge < -0.3 is 14.7 Å². The van der Waals surface area contributed by atoms with Gasteiger partial charge in [-0.3, -0.25) is 4.79 Å². The summed E-state index contributed by atoms with van der Waals surface area (Å²) in [6.07, 6.45) is 8.11. The van der Waals surface area contributed by atoms with Gasteiger partial charge >= 0.3 is 5.97 Å². The monoisotopic (exact) mass is 424 g/mol. The van der Waals surface area contributed by atoms with Crippen molar-refractivity contribution in [1.82, 2.24) is 0 Å². The molecule has 2 saturated heterocycles. The van der Waals surface area contributed by atoms with Crippen LogP contribution in [0.1, 0.15) is 57.4 Å². The van der Waals surface area contributed by atoms with Crippen LogP contribution in [-0.2, 0) is 16.0 Å². The Morgan fingerprint density at radius 2 is 1.94 bits per heavy atom. The van der Waals surface area contributed by atoms with E-state index in [0.29, 0.717) is 11.8 Å². The number of quaternary nitrogens is 1. The fraction of sp³-hybridized carbons (Fsp3) is 0.667. The average Bonchev–Trinajstić information content (AvgIpc) is 3.02. The Morgan fingerprint density at radius 3 is 2.68 bits per heavy atom. The summed E-state index contributed by atoms with van der Waals surface area (Å²) in [6, 6.07) is 10.3. The van der Waals surface area contributed by atoms with E-state index in [1.54, 1.807) is 0 Å². The normalized spacial score (nSPS) is 42.6. The first-order valence-corrected chi connectivity index (χ1v) is 12.3. The Balaban J connectivity index is 1.21. The van der Waals surface area contributed by atoms with E-state index in [-0.39, 0.29) is 23.4 Å². The Morgan fingerprint density at radius 1 is 1.19 bits per heavy atom. The SMILES string of the molecule is C=C1CCC[C@]2(C)C[C@H]3OC(=O)[C@H](C[NH+]4CCC(O)(Cc5ccccc5)CC4)[C@H]3C[C@@H]12. The van der Waals surface area contributed by atoms with Crippen molar-refractivity contribution in [1.29, 1.82) is 0 Å². The second-order valence-corrected chi connectivity index (χ2v) is 11.2. The van der Waals surface area contributed by atoms with E-state index < -0.39 is 5.60 Å². The Bertz CT molecular complexity index is 828. The maximum atomic E-state index is 12.9. The van der Waals surface area contributed by atoms with Crippen molar-refractivity contribution < 1.29 is 19.5 Å². The van der Waals surface area contributed by atoms with Crippen LogP contribution < -0.4 is 4.90 Å². The third-order valence-corrected chi connectivity index (χ3v) is 9.09. The molecule has 5 atom stereocenters. The van der Waals surface area contributed by atoms with Gasteiger partial charge in [-0.05, 0) is 49.0 Å². The van der Waals surface area contributed by atoms with E-state index in [9.17, 15) is 9.90 Å². The zero-order valence-electron chi connectivity index (χ0n) is 18.9. The molecule has 4 heteroatoms. The van der Waals surface area contributed by atoms with Crippen molar-refractivity contribution >= 4 is 5.97 Å². The molecule has 5 rings (SSSR count). The minimum atomic E-state index is -0.615. The Hall–Kier alpha value is -1.65. The van der Waals surface area contributed by atoms with Crippen LogP contribution >= 0.6 is 0 Å². The summed E-state index contributed by atoms with van der Waals surface area (Å²) in [6.45, 7) is 9.52. The van der Waals surface area contributed by atoms with Gasteiger partial charge in [0.05, 0.1) is 25.2 Å². The van der Waals surface area contributed by atoms with Crippen LogP contribution in [0.3, 0.4) is 0 Å². The number of hydrogen-bond acceptors (Lipinski definition) is 3. The average molecular weight is 425 g/mol. The van der Waals surface area contributed by atoms with Crippen molar-refractivity contribution in [2.75, 3.05) is 19.6 Å². The van der Waals surface area contributed by atoms with Gasteiger partial charge in [0.1, 0.15) is 12.0 Å². The standard InChI is InChI=1S/C27H37NO3/c1-19-7-6-10-26(2)17-24-21(15-23(19)26)22(25(29)31-24)18-28-13-11-27(30,12-14-28)16-20-8-4-3-5-9-20/h3-5,8-9,21-24,30H,1,6-7,10-18H2,2H3/p+1/t21-,22-,23+,24-,26-/m1/s1. The lowest BCUT2D eigenvalue weighted by molar-refractivity contribution is -0.910. The van der Waals surface area contributed by atoms with Gasteiger partial charge in [0.25, 0.3) is 0 Å². The number of rotatable bonds is 4. The third kappa shape index (κ3) is 4.09. The van der Waals surface area contributed by atoms with E-state index in [2.05, 4.69) is 25.6 Å². The Labute approximate surface area is 186 Å². The number of fused-ring (bicyclic) bond motifs is 2. The van der Waals surface area contributed by atoms with Crippen LogP contribution in [0.15, 0.2) is 42.5 Å².